The average Bonchev–Trinajstić information content (AvgIpc) is 2.29. The summed E-state index contributed by atoms with van der Waals surface area (Å²) in [6.45, 7) is 3.38. The quantitative estimate of drug-likeness (QED) is 0.754. The molecule has 16 heavy (non-hydrogen) atoms. The normalized spacial score (nSPS) is 11.2. The first kappa shape index (κ1) is 13.0. The van der Waals surface area contributed by atoms with Crippen molar-refractivity contribution in [2.45, 2.75) is 20.3 Å². The van der Waals surface area contributed by atoms with Gasteiger partial charge < -0.3 is 0 Å². The molecule has 3 heteroatoms. The van der Waals surface area contributed by atoms with Gasteiger partial charge >= 0.3 is 0 Å². The van der Waals surface area contributed by atoms with Crippen LogP contribution in [-0.2, 0) is 16.0 Å². The summed E-state index contributed by atoms with van der Waals surface area (Å²) < 4.78 is 0. The first-order chi connectivity index (χ1) is 7.48. The van der Waals surface area contributed by atoms with Gasteiger partial charge in [0.25, 0.3) is 0 Å². The highest BCUT2D eigenvalue weighted by Gasteiger charge is 2.34. The van der Waals surface area contributed by atoms with Crippen molar-refractivity contribution in [3.63, 3.8) is 0 Å². The number of thioether (sulfide) groups is 1. The van der Waals surface area contributed by atoms with Crippen molar-refractivity contribution in [2.75, 3.05) is 6.26 Å². The highest BCUT2D eigenvalue weighted by Crippen LogP contribution is 2.25. The van der Waals surface area contributed by atoms with E-state index in [0.717, 1.165) is 17.3 Å². The molecule has 0 fully saturated rings. The van der Waals surface area contributed by atoms with Crippen molar-refractivity contribution < 1.29 is 9.59 Å². The molecule has 0 bridgehead atoms. The predicted octanol–water partition coefficient (Wildman–Crippen LogP) is 2.71. The Labute approximate surface area is 100 Å². The van der Waals surface area contributed by atoms with Gasteiger partial charge in [-0.1, -0.05) is 42.1 Å². The molecule has 0 heterocycles. The van der Waals surface area contributed by atoms with Crippen molar-refractivity contribution >= 4 is 22.7 Å². The van der Waals surface area contributed by atoms with E-state index in [1.807, 2.05) is 30.3 Å². The Balaban J connectivity index is 2.76. The number of Topliss-reactive ketones (excluding diaryl/α,β-unsaturated/α-hetero) is 1. The van der Waals surface area contributed by atoms with Crippen LogP contribution < -0.4 is 0 Å². The van der Waals surface area contributed by atoms with Crippen LogP contribution >= 0.6 is 11.8 Å². The molecule has 0 saturated carbocycles. The first-order valence-corrected chi connectivity index (χ1v) is 6.36. The van der Waals surface area contributed by atoms with E-state index in [2.05, 4.69) is 0 Å². The predicted molar refractivity (Wildman–Crippen MR) is 67.5 cm³/mol. The monoisotopic (exact) mass is 236 g/mol. The van der Waals surface area contributed by atoms with Crippen LogP contribution in [0.15, 0.2) is 30.3 Å². The van der Waals surface area contributed by atoms with Gasteiger partial charge in [-0.25, -0.2) is 0 Å². The maximum Gasteiger partial charge on any atom is 0.201 e. The fraction of sp³-hybridized carbons (Fsp3) is 0.385. The molecule has 86 valence electrons. The van der Waals surface area contributed by atoms with Crippen LogP contribution in [0.2, 0.25) is 0 Å². The van der Waals surface area contributed by atoms with E-state index in [0.29, 0.717) is 6.42 Å². The summed E-state index contributed by atoms with van der Waals surface area (Å²) in [6.07, 6.45) is 2.03. The molecule has 0 aliphatic carbocycles. The SMILES string of the molecule is CSC(=O)C(C)(C)C(=O)Cc1ccccc1. The van der Waals surface area contributed by atoms with Gasteiger partial charge in [0, 0.05) is 6.42 Å². The van der Waals surface area contributed by atoms with Crippen molar-refractivity contribution in [3.8, 4) is 0 Å². The molecule has 0 radical (unpaired) electrons. The average molecular weight is 236 g/mol. The van der Waals surface area contributed by atoms with E-state index >= 15 is 0 Å². The van der Waals surface area contributed by atoms with Gasteiger partial charge in [-0.2, -0.15) is 0 Å². The van der Waals surface area contributed by atoms with Gasteiger partial charge in [-0.05, 0) is 25.7 Å². The van der Waals surface area contributed by atoms with E-state index in [1.165, 1.54) is 0 Å². The summed E-state index contributed by atoms with van der Waals surface area (Å²) >= 11 is 1.11. The Hall–Kier alpha value is -1.09. The van der Waals surface area contributed by atoms with Crippen LogP contribution in [0.3, 0.4) is 0 Å². The van der Waals surface area contributed by atoms with Crippen LogP contribution in [-0.4, -0.2) is 17.2 Å². The van der Waals surface area contributed by atoms with Crippen LogP contribution in [0.1, 0.15) is 19.4 Å². The molecule has 0 unspecified atom stereocenters. The fourth-order valence-corrected chi connectivity index (χ4v) is 2.00. The van der Waals surface area contributed by atoms with Crippen LogP contribution in [0, 0.1) is 5.41 Å². The molecule has 0 saturated heterocycles. The number of hydrogen-bond donors (Lipinski definition) is 0. The van der Waals surface area contributed by atoms with E-state index in [-0.39, 0.29) is 10.9 Å². The lowest BCUT2D eigenvalue weighted by atomic mass is 9.86. The highest BCUT2D eigenvalue weighted by molar-refractivity contribution is 8.13. The molecular formula is C13H16O2S. The van der Waals surface area contributed by atoms with Gasteiger partial charge in [0.1, 0.15) is 0 Å². The summed E-state index contributed by atoms with van der Waals surface area (Å²) in [4.78, 5) is 23.6. The summed E-state index contributed by atoms with van der Waals surface area (Å²) in [6, 6.07) is 9.50. The van der Waals surface area contributed by atoms with Gasteiger partial charge in [0.15, 0.2) is 5.78 Å². The summed E-state index contributed by atoms with van der Waals surface area (Å²) in [5.74, 6) is -0.0296. The second-order valence-electron chi connectivity index (χ2n) is 4.20. The van der Waals surface area contributed by atoms with Crippen molar-refractivity contribution in [1.29, 1.82) is 0 Å². The topological polar surface area (TPSA) is 34.1 Å². The molecule has 1 aromatic rings. The standard InChI is InChI=1S/C13H16O2S/c1-13(2,12(15)16-3)11(14)9-10-7-5-4-6-8-10/h4-8H,9H2,1-3H3. The molecule has 1 aromatic carbocycles. The molecule has 1 rings (SSSR count). The summed E-state index contributed by atoms with van der Waals surface area (Å²) in [5, 5.41) is -0.0755. The van der Waals surface area contributed by atoms with Gasteiger partial charge in [0.05, 0.1) is 5.41 Å². The van der Waals surface area contributed by atoms with Gasteiger partial charge in [0.2, 0.25) is 5.12 Å². The Morgan fingerprint density at radius 1 is 1.19 bits per heavy atom. The Kier molecular flexibility index (Phi) is 4.30. The minimum Gasteiger partial charge on any atom is -0.298 e. The Morgan fingerprint density at radius 3 is 2.25 bits per heavy atom. The lowest BCUT2D eigenvalue weighted by molar-refractivity contribution is -0.133. The highest BCUT2D eigenvalue weighted by atomic mass is 32.2. The number of carbonyl (C=O) groups is 2. The second-order valence-corrected chi connectivity index (χ2v) is 4.98. The molecule has 0 aliphatic heterocycles. The zero-order chi connectivity index (χ0) is 12.2. The molecule has 2 nitrogen and oxygen atoms in total. The third kappa shape index (κ3) is 2.95. The van der Waals surface area contributed by atoms with E-state index in [1.54, 1.807) is 20.1 Å². The third-order valence-corrected chi connectivity index (χ3v) is 3.48. The Morgan fingerprint density at radius 2 is 1.75 bits per heavy atom. The molecule has 0 aliphatic rings. The number of carbonyl (C=O) groups excluding carboxylic acids is 2. The van der Waals surface area contributed by atoms with Crippen LogP contribution in [0.4, 0.5) is 0 Å². The van der Waals surface area contributed by atoms with Crippen molar-refractivity contribution in [1.82, 2.24) is 0 Å². The zero-order valence-electron chi connectivity index (χ0n) is 9.82. The van der Waals surface area contributed by atoms with Crippen LogP contribution in [0.5, 0.6) is 0 Å². The minimum absolute atomic E-state index is 0.0296. The Bertz CT molecular complexity index is 382. The summed E-state index contributed by atoms with van der Waals surface area (Å²) in [7, 11) is 0. The number of hydrogen-bond acceptors (Lipinski definition) is 3. The van der Waals surface area contributed by atoms with Gasteiger partial charge in [-0.3, -0.25) is 9.59 Å². The lowest BCUT2D eigenvalue weighted by Crippen LogP contribution is -2.32. The zero-order valence-corrected chi connectivity index (χ0v) is 10.6. The molecule has 0 spiro atoms. The molecule has 0 N–H and O–H groups in total. The number of benzene rings is 1. The molecule has 0 aromatic heterocycles. The van der Waals surface area contributed by atoms with E-state index < -0.39 is 5.41 Å². The van der Waals surface area contributed by atoms with E-state index in [4.69, 9.17) is 0 Å². The lowest BCUT2D eigenvalue weighted by Gasteiger charge is -2.20. The first-order valence-electron chi connectivity index (χ1n) is 5.14. The summed E-state index contributed by atoms with van der Waals surface area (Å²) in [5.41, 5.74) is 0.0596. The fourth-order valence-electron chi connectivity index (χ4n) is 1.37. The second kappa shape index (κ2) is 5.30. The van der Waals surface area contributed by atoms with Crippen molar-refractivity contribution in [3.05, 3.63) is 35.9 Å². The van der Waals surface area contributed by atoms with Gasteiger partial charge in [-0.15, -0.1) is 0 Å². The maximum atomic E-state index is 12.0. The van der Waals surface area contributed by atoms with Crippen LogP contribution in [0.25, 0.3) is 0 Å². The molecule has 0 amide bonds. The minimum atomic E-state index is -0.894. The van der Waals surface area contributed by atoms with Crippen molar-refractivity contribution in [2.24, 2.45) is 5.41 Å². The maximum absolute atomic E-state index is 12.0. The smallest absolute Gasteiger partial charge is 0.201 e. The number of rotatable bonds is 4. The van der Waals surface area contributed by atoms with E-state index in [9.17, 15) is 9.59 Å². The molecular weight excluding hydrogens is 220 g/mol. The largest absolute Gasteiger partial charge is 0.298 e. The molecule has 0 atom stereocenters. The number of ketones is 1. The third-order valence-electron chi connectivity index (χ3n) is 2.60.